The number of hydrogen-bond acceptors (Lipinski definition) is 10. The van der Waals surface area contributed by atoms with E-state index in [4.69, 9.17) is 51.4 Å². The second kappa shape index (κ2) is 1840. The average Bonchev–Trinajstić information content (AvgIpc) is 2.20. The topological polar surface area (TPSA) is 258 Å². The molecular formula is C4H30O12. The van der Waals surface area contributed by atoms with Crippen LogP contribution in [0.1, 0.15) is 35.4 Å². The molecule has 0 aromatic rings. The van der Waals surface area contributed by atoms with Crippen molar-refractivity contribution >= 4 is 0 Å². The summed E-state index contributed by atoms with van der Waals surface area (Å²) in [6.45, 7) is 0. The van der Waals surface area contributed by atoms with Crippen LogP contribution in [0.5, 0.6) is 0 Å². The maximum atomic E-state index is 7.25. The molecule has 0 aliphatic carbocycles. The van der Waals surface area contributed by atoms with E-state index >= 15 is 0 Å². The molecule has 0 aromatic heterocycles. The molecule has 0 bridgehead atoms. The summed E-state index contributed by atoms with van der Waals surface area (Å²) in [5.41, 5.74) is 0. The molecule has 0 heterocycles. The zero-order valence-corrected chi connectivity index (χ0v) is 5.24. The van der Waals surface area contributed by atoms with Crippen molar-refractivity contribution < 1.29 is 48.2 Å². The largest absolute Gasteiger partial charge is 1.00 e. The maximum absolute atomic E-state index is 7.25. The molecule has 0 aliphatic heterocycles. The molecule has 118 valence electrons. The third-order valence-corrected chi connectivity index (χ3v) is 0. The van der Waals surface area contributed by atoms with E-state index in [1.807, 2.05) is 0 Å². The van der Waals surface area contributed by atoms with E-state index in [2.05, 4.69) is 0 Å². The van der Waals surface area contributed by atoms with Gasteiger partial charge in [-0.1, -0.05) is 29.7 Å². The van der Waals surface area contributed by atoms with Crippen LogP contribution in [0.15, 0.2) is 0 Å². The van der Waals surface area contributed by atoms with Crippen molar-refractivity contribution in [3.05, 3.63) is 19.9 Å². The highest BCUT2D eigenvalue weighted by molar-refractivity contribution is 4.08. The SMILES string of the molecule is C.C.C.C.O.O.O=O.O=O.OO.[2HH].[2HH].[H+].[H+].[O-]O.[O-]O. The molecule has 0 radical (unpaired) electrons. The third kappa shape index (κ3) is 1450. The Kier molecular flexibility index (Phi) is 21800. The van der Waals surface area contributed by atoms with Crippen LogP contribution in [-0.4, -0.2) is 32.0 Å². The number of rotatable bonds is 0. The highest BCUT2D eigenvalue weighted by Crippen LogP contribution is 0.743. The Morgan fingerprint density at radius 1 is 0.625 bits per heavy atom. The van der Waals surface area contributed by atoms with E-state index in [9.17, 15) is 0 Å². The Balaban J connectivity index is -0.00000000107. The first-order valence-corrected chi connectivity index (χ1v) is 0.898. The highest BCUT2D eigenvalue weighted by atomic mass is 17.0. The van der Waals surface area contributed by atoms with Gasteiger partial charge in [0, 0.05) is 22.7 Å². The highest BCUT2D eigenvalue weighted by Gasteiger charge is 0.746. The van der Waals surface area contributed by atoms with Gasteiger partial charge in [-0.15, -0.1) is 0 Å². The second-order valence-electron chi connectivity index (χ2n) is 0. The predicted molar refractivity (Wildman–Crippen MR) is 64.6 cm³/mol. The van der Waals surface area contributed by atoms with Gasteiger partial charge >= 0.3 is 2.85 Å². The molecule has 0 rings (SSSR count). The Labute approximate surface area is 99.2 Å². The van der Waals surface area contributed by atoms with Crippen LogP contribution >= 0.6 is 0 Å². The summed E-state index contributed by atoms with van der Waals surface area (Å²) in [5, 5.41) is 38.0. The fourth-order valence-corrected chi connectivity index (χ4v) is 0. The smallest absolute Gasteiger partial charge is 0.727 e. The minimum Gasteiger partial charge on any atom is -0.727 e. The minimum atomic E-state index is 0. The summed E-state index contributed by atoms with van der Waals surface area (Å²) in [6.07, 6.45) is 0. The van der Waals surface area contributed by atoms with E-state index in [-0.39, 0.29) is 46.4 Å². The summed E-state index contributed by atoms with van der Waals surface area (Å²) in [7, 11) is 0. The third-order valence-electron chi connectivity index (χ3n) is 0. The molecule has 0 spiro atoms. The van der Waals surface area contributed by atoms with Crippen LogP contribution in [0.25, 0.3) is 0 Å². The van der Waals surface area contributed by atoms with E-state index in [0.717, 1.165) is 0 Å². The molecule has 16 heavy (non-hydrogen) atoms. The van der Waals surface area contributed by atoms with Crippen LogP contribution in [0, 0.1) is 19.9 Å². The summed E-state index contributed by atoms with van der Waals surface area (Å²) in [6, 6.07) is 0. The van der Waals surface area contributed by atoms with Gasteiger partial charge in [0.2, 0.25) is 0 Å². The van der Waals surface area contributed by atoms with Gasteiger partial charge in [0.05, 0.1) is 0 Å². The molecule has 8 N–H and O–H groups in total. The van der Waals surface area contributed by atoms with Gasteiger partial charge in [-0.25, -0.2) is 0 Å². The lowest BCUT2D eigenvalue weighted by molar-refractivity contribution is -0.670. The minimum absolute atomic E-state index is 0. The van der Waals surface area contributed by atoms with Gasteiger partial charge in [0.25, 0.3) is 0 Å². The van der Waals surface area contributed by atoms with Crippen LogP contribution in [-0.2, 0) is 0 Å². The molecule has 0 saturated carbocycles. The molecule has 12 heteroatoms. The standard InChI is InChI=1S/4CH4.3H2O2.2O2.2H2O.2H2/c;;;;5*1-2;;;;/h4*1H4;3*1-2H;;;2*1H2;2*1H/i;;;;;;;;;;;2*1+1. The van der Waals surface area contributed by atoms with Crippen molar-refractivity contribution in [2.45, 2.75) is 29.7 Å². The fourth-order valence-electron chi connectivity index (χ4n) is 0. The molecule has 0 saturated heterocycles. The van der Waals surface area contributed by atoms with Crippen molar-refractivity contribution in [2.24, 2.45) is 0 Å². The molecule has 12 nitrogen and oxygen atoms in total. The first-order chi connectivity index (χ1) is 5.00. The summed E-state index contributed by atoms with van der Waals surface area (Å²) >= 11 is 0. The second-order valence-corrected chi connectivity index (χ2v) is 0. The van der Waals surface area contributed by atoms with Crippen LogP contribution in [0.3, 0.4) is 0 Å². The van der Waals surface area contributed by atoms with Gasteiger partial charge in [0.1, 0.15) is 0 Å². The van der Waals surface area contributed by atoms with Gasteiger partial charge in [-0.2, -0.15) is 0 Å². The monoisotopic (exact) mass is 272 g/mol. The maximum Gasteiger partial charge on any atom is 1.00 e. The van der Waals surface area contributed by atoms with Crippen molar-refractivity contribution in [3.8, 4) is 0 Å². The van der Waals surface area contributed by atoms with Crippen LogP contribution < -0.4 is 10.5 Å². The average molecular weight is 272 g/mol. The molecule has 0 fully saturated rings. The quantitative estimate of drug-likeness (QED) is 0.321. The predicted octanol–water partition coefficient (Wildman–Crippen LogP) is -0.597. The van der Waals surface area contributed by atoms with Gasteiger partial charge in [0.15, 0.2) is 0 Å². The van der Waals surface area contributed by atoms with Crippen LogP contribution in [0.4, 0.5) is 0 Å². The molecule has 0 aliphatic rings. The zero-order chi connectivity index (χ0) is 10.0. The zero-order valence-electron chi connectivity index (χ0n) is 7.24. The Hall–Kier alpha value is -1.12. The Morgan fingerprint density at radius 2 is 0.625 bits per heavy atom. The molecule has 0 aromatic carbocycles. The lowest BCUT2D eigenvalue weighted by Crippen LogP contribution is -1.84. The van der Waals surface area contributed by atoms with E-state index in [1.165, 1.54) is 0 Å². The molecule has 0 amide bonds. The molecule has 0 atom stereocenters. The molecular weight excluding hydrogens is 240 g/mol. The van der Waals surface area contributed by atoms with Crippen molar-refractivity contribution in [1.82, 2.24) is 0 Å². The lowest BCUT2D eigenvalue weighted by Gasteiger charge is -1.61. The Morgan fingerprint density at radius 3 is 0.625 bits per heavy atom. The van der Waals surface area contributed by atoms with Gasteiger partial charge in [-0.3, -0.25) is 10.5 Å². The summed E-state index contributed by atoms with van der Waals surface area (Å²) in [5.74, 6) is 0. The van der Waals surface area contributed by atoms with Gasteiger partial charge in [-0.05, 0) is 0 Å². The van der Waals surface area contributed by atoms with Crippen LogP contribution in [0.2, 0.25) is 0 Å². The van der Waals surface area contributed by atoms with Crippen molar-refractivity contribution in [1.29, 1.82) is 0 Å². The molecule has 0 unspecified atom stereocenters. The van der Waals surface area contributed by atoms with Gasteiger partial charge < -0.3 is 32.0 Å². The lowest BCUT2D eigenvalue weighted by atomic mass is 12.0. The van der Waals surface area contributed by atoms with Crippen molar-refractivity contribution in [3.63, 3.8) is 0 Å². The fraction of sp³-hybridized carbons (Fsp3) is 1.00. The van der Waals surface area contributed by atoms with E-state index in [0.29, 0.717) is 0 Å². The summed E-state index contributed by atoms with van der Waals surface area (Å²) < 4.78 is 0. The summed E-state index contributed by atoms with van der Waals surface area (Å²) in [4.78, 5) is 28.0. The first-order valence-electron chi connectivity index (χ1n) is 0.898. The number of hydrogen-bond donors (Lipinski definition) is 4. The van der Waals surface area contributed by atoms with Crippen molar-refractivity contribution in [2.75, 3.05) is 0 Å². The normalized spacial score (nSPS) is 1.62. The Bertz CT molecular complexity index is 29.4. The van der Waals surface area contributed by atoms with E-state index < -0.39 is 0 Å². The van der Waals surface area contributed by atoms with E-state index in [1.54, 1.807) is 0 Å². The first kappa shape index (κ1) is 190.